The molecule has 1 N–H and O–H groups in total. The fourth-order valence-electron chi connectivity index (χ4n) is 3.32. The number of aryl methyl sites for hydroxylation is 2. The van der Waals surface area contributed by atoms with Gasteiger partial charge in [-0.25, -0.2) is 8.42 Å². The van der Waals surface area contributed by atoms with Gasteiger partial charge in [-0.3, -0.25) is 9.10 Å². The van der Waals surface area contributed by atoms with Gasteiger partial charge in [0.05, 0.1) is 11.9 Å². The second kappa shape index (κ2) is 8.02. The molecular weight excluding hydrogens is 372 g/mol. The minimum atomic E-state index is -3.65. The predicted octanol–water partition coefficient (Wildman–Crippen LogP) is 4.12. The molecule has 5 nitrogen and oxygen atoms in total. The molecule has 3 aromatic carbocycles. The van der Waals surface area contributed by atoms with Gasteiger partial charge in [0, 0.05) is 11.1 Å². The van der Waals surface area contributed by atoms with E-state index in [1.807, 2.05) is 62.4 Å². The number of carbonyl (C=O) groups is 1. The van der Waals surface area contributed by atoms with Crippen LogP contribution in [0.15, 0.2) is 60.7 Å². The van der Waals surface area contributed by atoms with Crippen molar-refractivity contribution >= 4 is 38.1 Å². The summed E-state index contributed by atoms with van der Waals surface area (Å²) in [5, 5.41) is 4.61. The molecule has 6 heteroatoms. The summed E-state index contributed by atoms with van der Waals surface area (Å²) in [5.74, 6) is -0.373. The summed E-state index contributed by atoms with van der Waals surface area (Å²) in [6.07, 6.45) is 1.89. The summed E-state index contributed by atoms with van der Waals surface area (Å²) < 4.78 is 26.2. The highest BCUT2D eigenvalue weighted by atomic mass is 32.2. The molecule has 0 aromatic heterocycles. The van der Waals surface area contributed by atoms with Crippen molar-refractivity contribution in [3.05, 3.63) is 71.8 Å². The van der Waals surface area contributed by atoms with E-state index in [1.165, 1.54) is 0 Å². The fourth-order valence-corrected chi connectivity index (χ4v) is 4.19. The zero-order valence-electron chi connectivity index (χ0n) is 16.3. The van der Waals surface area contributed by atoms with Gasteiger partial charge in [-0.15, -0.1) is 0 Å². The van der Waals surface area contributed by atoms with E-state index in [0.29, 0.717) is 5.69 Å². The minimum Gasteiger partial charge on any atom is -0.324 e. The third-order valence-corrected chi connectivity index (χ3v) is 5.85. The molecule has 0 spiro atoms. The van der Waals surface area contributed by atoms with Gasteiger partial charge in [0.25, 0.3) is 0 Å². The lowest BCUT2D eigenvalue weighted by molar-refractivity contribution is -0.114. The topological polar surface area (TPSA) is 66.5 Å². The Bertz CT molecular complexity index is 1120. The third-order valence-electron chi connectivity index (χ3n) is 4.73. The molecule has 0 saturated carbocycles. The molecule has 0 fully saturated rings. The van der Waals surface area contributed by atoms with Crippen LogP contribution in [0.5, 0.6) is 0 Å². The Hall–Kier alpha value is -2.86. The second-order valence-corrected chi connectivity index (χ2v) is 8.69. The van der Waals surface area contributed by atoms with Gasteiger partial charge in [0.2, 0.25) is 15.9 Å². The number of amides is 1. The van der Waals surface area contributed by atoms with Crippen LogP contribution >= 0.6 is 0 Å². The zero-order chi connectivity index (χ0) is 20.3. The Kier molecular flexibility index (Phi) is 5.70. The lowest BCUT2D eigenvalue weighted by Gasteiger charge is -2.24. The summed E-state index contributed by atoms with van der Waals surface area (Å²) in [7, 11) is -3.65. The van der Waals surface area contributed by atoms with Gasteiger partial charge >= 0.3 is 0 Å². The van der Waals surface area contributed by atoms with Crippen molar-refractivity contribution in [2.45, 2.75) is 20.3 Å². The third kappa shape index (κ3) is 4.17. The van der Waals surface area contributed by atoms with Crippen LogP contribution in [0.4, 0.5) is 11.4 Å². The van der Waals surface area contributed by atoms with Gasteiger partial charge in [0.15, 0.2) is 0 Å². The summed E-state index contributed by atoms with van der Waals surface area (Å²) in [4.78, 5) is 12.8. The number of hydrogen-bond acceptors (Lipinski definition) is 3. The van der Waals surface area contributed by atoms with E-state index < -0.39 is 10.0 Å². The highest BCUT2D eigenvalue weighted by Gasteiger charge is 2.23. The number of anilines is 2. The molecule has 0 unspecified atom stereocenters. The predicted molar refractivity (Wildman–Crippen MR) is 115 cm³/mol. The monoisotopic (exact) mass is 396 g/mol. The van der Waals surface area contributed by atoms with Gasteiger partial charge in [-0.05, 0) is 35.9 Å². The molecule has 0 heterocycles. The van der Waals surface area contributed by atoms with E-state index in [2.05, 4.69) is 5.32 Å². The van der Waals surface area contributed by atoms with Crippen LogP contribution in [0.25, 0.3) is 10.8 Å². The first-order valence-corrected chi connectivity index (χ1v) is 11.0. The molecule has 0 aliphatic rings. The van der Waals surface area contributed by atoms with E-state index in [9.17, 15) is 13.2 Å². The molecular formula is C22H24N2O3S. The van der Waals surface area contributed by atoms with Gasteiger partial charge < -0.3 is 5.32 Å². The number of hydrogen-bond donors (Lipinski definition) is 1. The normalized spacial score (nSPS) is 11.4. The van der Waals surface area contributed by atoms with E-state index >= 15 is 0 Å². The van der Waals surface area contributed by atoms with E-state index in [1.54, 1.807) is 12.1 Å². The highest BCUT2D eigenvalue weighted by molar-refractivity contribution is 7.92. The average Bonchev–Trinajstić information content (AvgIpc) is 2.66. The Balaban J connectivity index is 1.96. The van der Waals surface area contributed by atoms with Crippen molar-refractivity contribution in [1.82, 2.24) is 0 Å². The van der Waals surface area contributed by atoms with Crippen LogP contribution in [-0.4, -0.2) is 27.1 Å². The van der Waals surface area contributed by atoms with Crippen molar-refractivity contribution in [1.29, 1.82) is 0 Å². The molecule has 0 radical (unpaired) electrons. The molecule has 28 heavy (non-hydrogen) atoms. The van der Waals surface area contributed by atoms with Crippen LogP contribution in [0, 0.1) is 6.92 Å². The first kappa shape index (κ1) is 19.9. The number of carbonyl (C=O) groups excluding carboxylic acids is 1. The summed E-state index contributed by atoms with van der Waals surface area (Å²) >= 11 is 0. The molecule has 0 aliphatic heterocycles. The van der Waals surface area contributed by atoms with Crippen molar-refractivity contribution in [3.8, 4) is 0 Å². The van der Waals surface area contributed by atoms with E-state index in [-0.39, 0.29) is 12.5 Å². The zero-order valence-corrected chi connectivity index (χ0v) is 17.1. The standard InChI is InChI=1S/C22H24N2O3S/c1-4-17-11-7-9-16(2)22(17)23-21(25)15-24(28(3,26)27)20-14-8-12-18-10-5-6-13-19(18)20/h5-14H,4,15H2,1-3H3,(H,23,25). The summed E-state index contributed by atoms with van der Waals surface area (Å²) in [5.41, 5.74) is 3.21. The quantitative estimate of drug-likeness (QED) is 0.682. The number of fused-ring (bicyclic) bond motifs is 1. The smallest absolute Gasteiger partial charge is 0.245 e. The molecule has 0 bridgehead atoms. The number of nitrogens with zero attached hydrogens (tertiary/aromatic N) is 1. The number of nitrogens with one attached hydrogen (secondary N) is 1. The summed E-state index contributed by atoms with van der Waals surface area (Å²) in [6, 6.07) is 18.8. The Morgan fingerprint density at radius 1 is 1.00 bits per heavy atom. The van der Waals surface area contributed by atoms with Crippen LogP contribution in [0.1, 0.15) is 18.1 Å². The molecule has 0 saturated heterocycles. The van der Waals surface area contributed by atoms with E-state index in [4.69, 9.17) is 0 Å². The Morgan fingerprint density at radius 2 is 1.68 bits per heavy atom. The molecule has 3 aromatic rings. The second-order valence-electron chi connectivity index (χ2n) is 6.78. The lowest BCUT2D eigenvalue weighted by atomic mass is 10.1. The van der Waals surface area contributed by atoms with Gasteiger partial charge in [0.1, 0.15) is 6.54 Å². The minimum absolute atomic E-state index is 0.287. The Labute approximate surface area is 166 Å². The van der Waals surface area contributed by atoms with Gasteiger partial charge in [-0.2, -0.15) is 0 Å². The van der Waals surface area contributed by atoms with Crippen LogP contribution in [0.2, 0.25) is 0 Å². The number of rotatable bonds is 6. The van der Waals surface area contributed by atoms with Crippen LogP contribution in [0.3, 0.4) is 0 Å². The molecule has 0 aliphatic carbocycles. The lowest BCUT2D eigenvalue weighted by Crippen LogP contribution is -2.37. The van der Waals surface area contributed by atoms with Crippen molar-refractivity contribution in [2.24, 2.45) is 0 Å². The molecule has 1 amide bonds. The Morgan fingerprint density at radius 3 is 2.39 bits per heavy atom. The first-order chi connectivity index (χ1) is 13.3. The SMILES string of the molecule is CCc1cccc(C)c1NC(=O)CN(c1cccc2ccccc12)S(C)(=O)=O. The number of para-hydroxylation sites is 1. The number of sulfonamides is 1. The first-order valence-electron chi connectivity index (χ1n) is 9.15. The highest BCUT2D eigenvalue weighted by Crippen LogP contribution is 2.28. The van der Waals surface area contributed by atoms with Crippen molar-refractivity contribution < 1.29 is 13.2 Å². The average molecular weight is 397 g/mol. The van der Waals surface area contributed by atoms with Crippen LogP contribution < -0.4 is 9.62 Å². The maximum absolute atomic E-state index is 12.8. The molecule has 0 atom stereocenters. The molecule has 146 valence electrons. The fraction of sp³-hybridized carbons (Fsp3) is 0.227. The largest absolute Gasteiger partial charge is 0.324 e. The van der Waals surface area contributed by atoms with Crippen molar-refractivity contribution in [2.75, 3.05) is 22.4 Å². The number of benzene rings is 3. The maximum Gasteiger partial charge on any atom is 0.245 e. The molecule has 3 rings (SSSR count). The van der Waals surface area contributed by atoms with Gasteiger partial charge in [-0.1, -0.05) is 61.5 Å². The maximum atomic E-state index is 12.8. The van der Waals surface area contributed by atoms with Crippen LogP contribution in [-0.2, 0) is 21.2 Å². The van der Waals surface area contributed by atoms with E-state index in [0.717, 1.165) is 44.6 Å². The summed E-state index contributed by atoms with van der Waals surface area (Å²) in [6.45, 7) is 3.65. The van der Waals surface area contributed by atoms with Crippen molar-refractivity contribution in [3.63, 3.8) is 0 Å².